The molecule has 2 aliphatic rings. The number of ether oxygens (including phenoxy) is 2. The number of cyclic esters (lactones) is 1. The molecule has 130 valence electrons. The average Bonchev–Trinajstić information content (AvgIpc) is 3.13. The van der Waals surface area contributed by atoms with E-state index in [0.717, 1.165) is 43.4 Å². The van der Waals surface area contributed by atoms with E-state index in [-0.39, 0.29) is 5.78 Å². The number of ketones is 1. The summed E-state index contributed by atoms with van der Waals surface area (Å²) in [4.78, 5) is 23.7. The highest BCUT2D eigenvalue weighted by Crippen LogP contribution is 2.44. The van der Waals surface area contributed by atoms with Gasteiger partial charge in [-0.2, -0.15) is 0 Å². The molecule has 5 heteroatoms. The summed E-state index contributed by atoms with van der Waals surface area (Å²) in [5, 5.41) is 0. The van der Waals surface area contributed by atoms with E-state index in [9.17, 15) is 9.59 Å². The zero-order valence-electron chi connectivity index (χ0n) is 13.9. The van der Waals surface area contributed by atoms with Crippen LogP contribution in [0.3, 0.4) is 0 Å². The number of hydrogen-bond acceptors (Lipinski definition) is 4. The van der Waals surface area contributed by atoms with Crippen LogP contribution in [-0.4, -0.2) is 29.3 Å². The Morgan fingerprint density at radius 2 is 1.88 bits per heavy atom. The number of alkyl halides is 1. The Morgan fingerprint density at radius 3 is 2.46 bits per heavy atom. The van der Waals surface area contributed by atoms with E-state index in [2.05, 4.69) is 15.9 Å². The molecule has 3 rings (SSSR count). The number of methoxy groups -OCH3 is 1. The Kier molecular flexibility index (Phi) is 5.28. The topological polar surface area (TPSA) is 52.6 Å². The van der Waals surface area contributed by atoms with Crippen molar-refractivity contribution in [2.75, 3.05) is 7.11 Å². The van der Waals surface area contributed by atoms with Crippen LogP contribution in [0.2, 0.25) is 0 Å². The Morgan fingerprint density at radius 1 is 1.21 bits per heavy atom. The molecule has 1 saturated heterocycles. The molecule has 0 N–H and O–H groups in total. The molecule has 1 saturated carbocycles. The first-order valence-electron chi connectivity index (χ1n) is 8.57. The molecule has 0 radical (unpaired) electrons. The van der Waals surface area contributed by atoms with E-state index < -0.39 is 16.4 Å². The van der Waals surface area contributed by atoms with Crippen LogP contribution in [-0.2, 0) is 20.7 Å². The van der Waals surface area contributed by atoms with Gasteiger partial charge in [-0.3, -0.25) is 9.59 Å². The van der Waals surface area contributed by atoms with Crippen LogP contribution in [0.1, 0.15) is 44.1 Å². The molecule has 2 fully saturated rings. The minimum absolute atomic E-state index is 0.0483. The van der Waals surface area contributed by atoms with Crippen LogP contribution in [0.4, 0.5) is 0 Å². The predicted molar refractivity (Wildman–Crippen MR) is 94.4 cm³/mol. The molecule has 1 aliphatic carbocycles. The minimum Gasteiger partial charge on any atom is -0.497 e. The zero-order valence-corrected chi connectivity index (χ0v) is 15.5. The lowest BCUT2D eigenvalue weighted by molar-refractivity contribution is -0.177. The second-order valence-electron chi connectivity index (χ2n) is 6.82. The Bertz CT molecular complexity index is 586. The maximum absolute atomic E-state index is 12.3. The Labute approximate surface area is 151 Å². The van der Waals surface area contributed by atoms with E-state index in [4.69, 9.17) is 9.47 Å². The number of aryl methyl sites for hydroxylation is 1. The third-order valence-electron chi connectivity index (χ3n) is 5.36. The van der Waals surface area contributed by atoms with Crippen molar-refractivity contribution in [1.29, 1.82) is 0 Å². The predicted octanol–water partition coefficient (Wildman–Crippen LogP) is 3.84. The van der Waals surface area contributed by atoms with Gasteiger partial charge in [0.05, 0.1) is 7.11 Å². The first kappa shape index (κ1) is 17.5. The fraction of sp³-hybridized carbons (Fsp3) is 0.579. The van der Waals surface area contributed by atoms with Gasteiger partial charge in [0.25, 0.3) is 0 Å². The van der Waals surface area contributed by atoms with E-state index in [1.165, 1.54) is 0 Å². The number of halogens is 1. The summed E-state index contributed by atoms with van der Waals surface area (Å²) in [6.45, 7) is 0. The van der Waals surface area contributed by atoms with Crippen molar-refractivity contribution in [2.45, 2.75) is 55.4 Å². The van der Waals surface area contributed by atoms with Gasteiger partial charge in [0.15, 0.2) is 10.6 Å². The van der Waals surface area contributed by atoms with E-state index >= 15 is 0 Å². The van der Waals surface area contributed by atoms with Gasteiger partial charge < -0.3 is 9.47 Å². The van der Waals surface area contributed by atoms with Crippen molar-refractivity contribution in [3.63, 3.8) is 0 Å². The number of rotatable bonds is 5. The summed E-state index contributed by atoms with van der Waals surface area (Å²) in [5.41, 5.74) is 0.534. The van der Waals surface area contributed by atoms with Crippen molar-refractivity contribution >= 4 is 27.7 Å². The van der Waals surface area contributed by atoms with Crippen molar-refractivity contribution in [2.24, 2.45) is 5.92 Å². The normalized spacial score (nSPS) is 28.0. The third kappa shape index (κ3) is 3.51. The summed E-state index contributed by atoms with van der Waals surface area (Å²) in [7, 11) is 1.65. The SMILES string of the molecule is COc1ccc(CCC2(C3CCCC3)CC(=O)C(Br)C(=O)O2)cc1. The lowest BCUT2D eigenvalue weighted by Gasteiger charge is -2.42. The number of carbonyl (C=O) groups is 2. The highest BCUT2D eigenvalue weighted by Gasteiger charge is 2.50. The number of Topliss-reactive ketones (excluding diaryl/α,β-unsaturated/α-hetero) is 1. The van der Waals surface area contributed by atoms with Crippen LogP contribution in [0.25, 0.3) is 0 Å². The number of esters is 1. The van der Waals surface area contributed by atoms with Gasteiger partial charge in [0.1, 0.15) is 11.4 Å². The highest BCUT2D eigenvalue weighted by atomic mass is 79.9. The summed E-state index contributed by atoms with van der Waals surface area (Å²) in [5.74, 6) is 0.648. The van der Waals surface area contributed by atoms with Crippen LogP contribution in [0.5, 0.6) is 5.75 Å². The van der Waals surface area contributed by atoms with Gasteiger partial charge in [-0.05, 0) is 49.3 Å². The second-order valence-corrected chi connectivity index (χ2v) is 7.74. The summed E-state index contributed by atoms with van der Waals surface area (Å²) < 4.78 is 11.1. The lowest BCUT2D eigenvalue weighted by atomic mass is 9.76. The standard InChI is InChI=1S/C19H23BrO4/c1-23-15-8-6-13(7-9-15)10-11-19(14-4-2-3-5-14)12-16(21)17(20)18(22)24-19/h6-9,14,17H,2-5,10-12H2,1H3. The van der Waals surface area contributed by atoms with Gasteiger partial charge in [0, 0.05) is 6.42 Å². The number of benzene rings is 1. The Balaban J connectivity index is 1.77. The second kappa shape index (κ2) is 7.26. The molecule has 1 aromatic carbocycles. The minimum atomic E-state index is -0.798. The van der Waals surface area contributed by atoms with Crippen LogP contribution in [0, 0.1) is 5.92 Å². The molecule has 0 aromatic heterocycles. The fourth-order valence-electron chi connectivity index (χ4n) is 3.98. The molecule has 0 spiro atoms. The molecule has 1 aliphatic heterocycles. The molecule has 4 nitrogen and oxygen atoms in total. The van der Waals surface area contributed by atoms with Gasteiger partial charge in [0.2, 0.25) is 0 Å². The van der Waals surface area contributed by atoms with Crippen LogP contribution in [0.15, 0.2) is 24.3 Å². The maximum atomic E-state index is 12.3. The maximum Gasteiger partial charge on any atom is 0.327 e. The van der Waals surface area contributed by atoms with Crippen LogP contribution < -0.4 is 4.74 Å². The first-order chi connectivity index (χ1) is 11.5. The zero-order chi connectivity index (χ0) is 17.2. The molecule has 0 amide bonds. The summed E-state index contributed by atoms with van der Waals surface area (Å²) in [6.07, 6.45) is 6.19. The van der Waals surface area contributed by atoms with Gasteiger partial charge in [-0.15, -0.1) is 0 Å². The molecule has 0 bridgehead atoms. The van der Waals surface area contributed by atoms with E-state index in [1.54, 1.807) is 7.11 Å². The molecule has 2 atom stereocenters. The van der Waals surface area contributed by atoms with Crippen molar-refractivity contribution in [1.82, 2.24) is 0 Å². The van der Waals surface area contributed by atoms with Crippen LogP contribution >= 0.6 is 15.9 Å². The Hall–Kier alpha value is -1.36. The molecular weight excluding hydrogens is 372 g/mol. The van der Waals surface area contributed by atoms with Crippen molar-refractivity contribution in [3.05, 3.63) is 29.8 Å². The van der Waals surface area contributed by atoms with Gasteiger partial charge in [-0.25, -0.2) is 0 Å². The smallest absolute Gasteiger partial charge is 0.327 e. The summed E-state index contributed by atoms with van der Waals surface area (Å²) >= 11 is 3.15. The van der Waals surface area contributed by atoms with Gasteiger partial charge in [-0.1, -0.05) is 40.9 Å². The van der Waals surface area contributed by atoms with Gasteiger partial charge >= 0.3 is 5.97 Å². The quantitative estimate of drug-likeness (QED) is 0.432. The van der Waals surface area contributed by atoms with Crippen molar-refractivity contribution < 1.29 is 19.1 Å². The first-order valence-corrected chi connectivity index (χ1v) is 9.48. The molecule has 24 heavy (non-hydrogen) atoms. The molecule has 2 unspecified atom stereocenters. The monoisotopic (exact) mass is 394 g/mol. The molecule has 1 heterocycles. The number of hydrogen-bond donors (Lipinski definition) is 0. The van der Waals surface area contributed by atoms with E-state index in [0.29, 0.717) is 18.8 Å². The van der Waals surface area contributed by atoms with E-state index in [1.807, 2.05) is 24.3 Å². The largest absolute Gasteiger partial charge is 0.497 e. The number of carbonyl (C=O) groups excluding carboxylic acids is 2. The third-order valence-corrected chi connectivity index (χ3v) is 6.25. The average molecular weight is 395 g/mol. The van der Waals surface area contributed by atoms with Crippen molar-refractivity contribution in [3.8, 4) is 5.75 Å². The molecule has 1 aromatic rings. The molecular formula is C19H23BrO4. The fourth-order valence-corrected chi connectivity index (χ4v) is 4.23. The summed E-state index contributed by atoms with van der Waals surface area (Å²) in [6, 6.07) is 7.93. The highest BCUT2D eigenvalue weighted by molar-refractivity contribution is 9.10. The lowest BCUT2D eigenvalue weighted by Crippen LogP contribution is -2.52.